The molecular formula is C34H45N7O5S. The van der Waals surface area contributed by atoms with Gasteiger partial charge >= 0.3 is 0 Å². The number of nitrogens with zero attached hydrogens (tertiary/aromatic N) is 3. The number of hydrogen-bond acceptors (Lipinski definition) is 7. The highest BCUT2D eigenvalue weighted by Crippen LogP contribution is 2.28. The molecule has 1 saturated heterocycles. The standard InChI is InChI=1S/C34H45N7O5S/c1-47(45,46)40-20-8-11-27(23-40)38-34(44)30(19-16-24-9-4-2-5-10-24)39-32(42)26-17-14-25(15-18-26)21-36-33(43)29-22-37-41(31(29)35)28-12-6-3-7-13-28/h3,6-7,12-15,17-18,22,24,27,30H,2,4-5,8-11,16,19-21,23,35H2,1H3,(H,36,43)(H,38,44)(H,39,42)/t27-,30+/m1/s1. The van der Waals surface area contributed by atoms with E-state index in [0.29, 0.717) is 37.3 Å². The number of carbonyl (C=O) groups excluding carboxylic acids is 3. The summed E-state index contributed by atoms with van der Waals surface area (Å²) in [6.07, 6.45) is 11.2. The minimum absolute atomic E-state index is 0.217. The van der Waals surface area contributed by atoms with Gasteiger partial charge in [0.2, 0.25) is 15.9 Å². The Morgan fingerprint density at radius 2 is 1.68 bits per heavy atom. The van der Waals surface area contributed by atoms with E-state index in [4.69, 9.17) is 5.73 Å². The van der Waals surface area contributed by atoms with Crippen molar-refractivity contribution in [2.24, 2.45) is 5.92 Å². The monoisotopic (exact) mass is 663 g/mol. The Bertz CT molecular complexity index is 1640. The van der Waals surface area contributed by atoms with Crippen molar-refractivity contribution in [3.63, 3.8) is 0 Å². The van der Waals surface area contributed by atoms with Gasteiger partial charge in [-0.1, -0.05) is 62.4 Å². The molecule has 252 valence electrons. The number of carbonyl (C=O) groups is 3. The SMILES string of the molecule is CS(=O)(=O)N1CCC[C@@H](NC(=O)[C@H](CCC2CCCCC2)NC(=O)c2ccc(CNC(=O)c3cnn(-c4ccccc4)c3N)cc2)C1. The molecule has 47 heavy (non-hydrogen) atoms. The van der Waals surface area contributed by atoms with Crippen LogP contribution in [0.5, 0.6) is 0 Å². The van der Waals surface area contributed by atoms with Gasteiger partial charge < -0.3 is 21.7 Å². The van der Waals surface area contributed by atoms with E-state index in [1.807, 2.05) is 30.3 Å². The van der Waals surface area contributed by atoms with Crippen LogP contribution in [0.15, 0.2) is 60.8 Å². The van der Waals surface area contributed by atoms with Gasteiger partial charge in [-0.15, -0.1) is 0 Å². The first-order valence-electron chi connectivity index (χ1n) is 16.4. The Morgan fingerprint density at radius 1 is 0.957 bits per heavy atom. The predicted octanol–water partition coefficient (Wildman–Crippen LogP) is 3.38. The van der Waals surface area contributed by atoms with Crippen molar-refractivity contribution in [1.29, 1.82) is 0 Å². The average molecular weight is 664 g/mol. The summed E-state index contributed by atoms with van der Waals surface area (Å²) in [4.78, 5) is 39.7. The molecule has 0 bridgehead atoms. The lowest BCUT2D eigenvalue weighted by Gasteiger charge is -2.32. The van der Waals surface area contributed by atoms with Crippen molar-refractivity contribution >= 4 is 33.6 Å². The average Bonchev–Trinajstić information content (AvgIpc) is 3.47. The van der Waals surface area contributed by atoms with Crippen LogP contribution in [0.1, 0.15) is 84.1 Å². The van der Waals surface area contributed by atoms with Gasteiger partial charge in [0, 0.05) is 31.2 Å². The predicted molar refractivity (Wildman–Crippen MR) is 180 cm³/mol. The summed E-state index contributed by atoms with van der Waals surface area (Å²) in [5.41, 5.74) is 8.39. The van der Waals surface area contributed by atoms with Gasteiger partial charge in [-0.2, -0.15) is 5.10 Å². The summed E-state index contributed by atoms with van der Waals surface area (Å²) in [5.74, 6) is -0.255. The van der Waals surface area contributed by atoms with E-state index in [9.17, 15) is 22.8 Å². The summed E-state index contributed by atoms with van der Waals surface area (Å²) in [6, 6.07) is 15.1. The molecular weight excluding hydrogens is 618 g/mol. The summed E-state index contributed by atoms with van der Waals surface area (Å²) >= 11 is 0. The summed E-state index contributed by atoms with van der Waals surface area (Å²) in [7, 11) is -3.35. The highest BCUT2D eigenvalue weighted by molar-refractivity contribution is 7.88. The van der Waals surface area contributed by atoms with E-state index < -0.39 is 16.1 Å². The van der Waals surface area contributed by atoms with E-state index in [1.54, 1.807) is 24.3 Å². The summed E-state index contributed by atoms with van der Waals surface area (Å²) in [5, 5.41) is 13.1. The van der Waals surface area contributed by atoms with E-state index in [1.165, 1.54) is 40.7 Å². The molecule has 2 aromatic carbocycles. The second-order valence-electron chi connectivity index (χ2n) is 12.6. The Hall–Kier alpha value is -4.23. The van der Waals surface area contributed by atoms with E-state index in [0.717, 1.165) is 30.5 Å². The highest BCUT2D eigenvalue weighted by atomic mass is 32.2. The largest absolute Gasteiger partial charge is 0.383 e. The topological polar surface area (TPSA) is 169 Å². The maximum Gasteiger partial charge on any atom is 0.256 e. The molecule has 2 aliphatic rings. The summed E-state index contributed by atoms with van der Waals surface area (Å²) < 4.78 is 27.1. The van der Waals surface area contributed by atoms with Gasteiger partial charge in [-0.05, 0) is 61.4 Å². The number of rotatable bonds is 12. The molecule has 2 heterocycles. The number of sulfonamides is 1. The zero-order valence-electron chi connectivity index (χ0n) is 26.9. The molecule has 2 fully saturated rings. The molecule has 1 aliphatic heterocycles. The maximum atomic E-state index is 13.5. The lowest BCUT2D eigenvalue weighted by atomic mass is 9.85. The van der Waals surface area contributed by atoms with Crippen molar-refractivity contribution in [1.82, 2.24) is 30.0 Å². The quantitative estimate of drug-likeness (QED) is 0.230. The molecule has 3 amide bonds. The molecule has 0 radical (unpaired) electrons. The second kappa shape index (κ2) is 15.6. The summed E-state index contributed by atoms with van der Waals surface area (Å²) in [6.45, 7) is 0.891. The molecule has 5 N–H and O–H groups in total. The highest BCUT2D eigenvalue weighted by Gasteiger charge is 2.30. The van der Waals surface area contributed by atoms with Gasteiger partial charge in [0.25, 0.3) is 11.8 Å². The fourth-order valence-corrected chi connectivity index (χ4v) is 7.32. The van der Waals surface area contributed by atoms with Gasteiger partial charge in [-0.25, -0.2) is 17.4 Å². The Kier molecular flexibility index (Phi) is 11.3. The minimum atomic E-state index is -3.35. The number of benzene rings is 2. The van der Waals surface area contributed by atoms with Crippen LogP contribution in [0.25, 0.3) is 5.69 Å². The molecule has 0 unspecified atom stereocenters. The molecule has 3 aromatic rings. The molecule has 1 aliphatic carbocycles. The molecule has 2 atom stereocenters. The molecule has 5 rings (SSSR count). The van der Waals surface area contributed by atoms with Crippen molar-refractivity contribution in [2.45, 2.75) is 76.4 Å². The third-order valence-corrected chi connectivity index (χ3v) is 10.4. The third-order valence-electron chi connectivity index (χ3n) is 9.13. The number of amides is 3. The molecule has 13 heteroatoms. The van der Waals surface area contributed by atoms with Crippen LogP contribution < -0.4 is 21.7 Å². The van der Waals surface area contributed by atoms with Crippen LogP contribution in [0.4, 0.5) is 5.82 Å². The van der Waals surface area contributed by atoms with Crippen LogP contribution in [-0.2, 0) is 21.4 Å². The number of anilines is 1. The third kappa shape index (κ3) is 9.19. The van der Waals surface area contributed by atoms with E-state index in [2.05, 4.69) is 21.0 Å². The number of piperidine rings is 1. The molecule has 1 saturated carbocycles. The second-order valence-corrected chi connectivity index (χ2v) is 14.6. The zero-order chi connectivity index (χ0) is 33.4. The molecule has 1 aromatic heterocycles. The fourth-order valence-electron chi connectivity index (χ4n) is 6.41. The molecule has 12 nitrogen and oxygen atoms in total. The van der Waals surface area contributed by atoms with Crippen molar-refractivity contribution in [3.05, 3.63) is 77.5 Å². The van der Waals surface area contributed by atoms with Crippen LogP contribution in [0.3, 0.4) is 0 Å². The van der Waals surface area contributed by atoms with Crippen LogP contribution >= 0.6 is 0 Å². The number of aromatic nitrogens is 2. The van der Waals surface area contributed by atoms with E-state index in [-0.39, 0.29) is 48.2 Å². The van der Waals surface area contributed by atoms with Gasteiger partial charge in [-0.3, -0.25) is 14.4 Å². The number of nitrogens with two attached hydrogens (primary N) is 1. The van der Waals surface area contributed by atoms with Crippen molar-refractivity contribution in [2.75, 3.05) is 25.1 Å². The Morgan fingerprint density at radius 3 is 2.38 bits per heavy atom. The fraction of sp³-hybridized carbons (Fsp3) is 0.471. The Labute approximate surface area is 276 Å². The van der Waals surface area contributed by atoms with Gasteiger partial charge in [0.1, 0.15) is 17.4 Å². The first-order chi connectivity index (χ1) is 22.6. The number of nitrogens with one attached hydrogen (secondary N) is 3. The minimum Gasteiger partial charge on any atom is -0.383 e. The van der Waals surface area contributed by atoms with Crippen molar-refractivity contribution in [3.8, 4) is 5.69 Å². The normalized spacial score (nSPS) is 18.3. The van der Waals surface area contributed by atoms with Crippen LogP contribution in [0.2, 0.25) is 0 Å². The number of para-hydroxylation sites is 1. The first-order valence-corrected chi connectivity index (χ1v) is 18.3. The molecule has 0 spiro atoms. The lowest BCUT2D eigenvalue weighted by Crippen LogP contribution is -2.54. The van der Waals surface area contributed by atoms with Crippen LogP contribution in [-0.4, -0.2) is 71.7 Å². The lowest BCUT2D eigenvalue weighted by molar-refractivity contribution is -0.124. The maximum absolute atomic E-state index is 13.5. The number of nitrogen functional groups attached to an aromatic ring is 1. The van der Waals surface area contributed by atoms with Crippen molar-refractivity contribution < 1.29 is 22.8 Å². The Balaban J connectivity index is 1.18. The number of hydrogen-bond donors (Lipinski definition) is 4. The van der Waals surface area contributed by atoms with Crippen LogP contribution in [0, 0.1) is 5.92 Å². The zero-order valence-corrected chi connectivity index (χ0v) is 27.7. The van der Waals surface area contributed by atoms with Gasteiger partial charge in [0.05, 0.1) is 18.1 Å². The van der Waals surface area contributed by atoms with E-state index >= 15 is 0 Å². The van der Waals surface area contributed by atoms with Gasteiger partial charge in [0.15, 0.2) is 0 Å². The smallest absolute Gasteiger partial charge is 0.256 e. The first kappa shape index (κ1) is 34.1.